The van der Waals surface area contributed by atoms with E-state index in [0.717, 1.165) is 22.7 Å². The highest BCUT2D eigenvalue weighted by molar-refractivity contribution is 7.38. The van der Waals surface area contributed by atoms with E-state index < -0.39 is 16.4 Å². The molecule has 0 spiro atoms. The van der Waals surface area contributed by atoms with Crippen LogP contribution in [0.15, 0.2) is 23.6 Å². The average Bonchev–Trinajstić information content (AvgIpc) is 3.11. The van der Waals surface area contributed by atoms with Gasteiger partial charge in [0.05, 0.1) is 5.92 Å². The van der Waals surface area contributed by atoms with Gasteiger partial charge in [-0.15, -0.1) is 0 Å². The lowest BCUT2D eigenvalue weighted by Gasteiger charge is -1.96. The van der Waals surface area contributed by atoms with Gasteiger partial charge in [-0.1, -0.05) is 6.07 Å². The zero-order valence-electron chi connectivity index (χ0n) is 10.4. The van der Waals surface area contributed by atoms with E-state index in [4.69, 9.17) is 5.11 Å². The highest BCUT2D eigenvalue weighted by Gasteiger charge is 2.37. The number of thiazole rings is 1. The van der Waals surface area contributed by atoms with Crippen LogP contribution < -0.4 is 0 Å². The van der Waals surface area contributed by atoms with Gasteiger partial charge in [-0.05, 0) is 31.4 Å². The molecule has 1 unspecified atom stereocenters. The zero-order valence-corrected chi connectivity index (χ0v) is 11.2. The maximum Gasteiger partial charge on any atom is 0.359 e. The fraction of sp³-hybridized carbons (Fsp3) is 0.286. The lowest BCUT2D eigenvalue weighted by atomic mass is 10.2. The molecule has 98 valence electrons. The van der Waals surface area contributed by atoms with Crippen LogP contribution in [0.2, 0.25) is 0 Å². The number of aromatic carboxylic acids is 1. The molecule has 1 heterocycles. The van der Waals surface area contributed by atoms with Crippen molar-refractivity contribution in [1.29, 1.82) is 0 Å². The molecular weight excluding hydrogens is 265 g/mol. The Bertz CT molecular complexity index is 661. The number of carboxylic acid groups (broad SMARTS) is 1. The van der Waals surface area contributed by atoms with Crippen LogP contribution in [0.25, 0.3) is 4.90 Å². The first-order valence-corrected chi connectivity index (χ1v) is 7.38. The van der Waals surface area contributed by atoms with Crippen molar-refractivity contribution in [3.8, 4) is 4.90 Å². The Morgan fingerprint density at radius 1 is 1.47 bits per heavy atom. The Morgan fingerprint density at radius 3 is 2.79 bits per heavy atom. The van der Waals surface area contributed by atoms with Crippen molar-refractivity contribution >= 4 is 16.4 Å². The fourth-order valence-electron chi connectivity index (χ4n) is 1.96. The average molecular weight is 278 g/mol. The van der Waals surface area contributed by atoms with E-state index in [0.29, 0.717) is 11.5 Å². The minimum Gasteiger partial charge on any atom is -0.476 e. The second kappa shape index (κ2) is 4.42. The summed E-state index contributed by atoms with van der Waals surface area (Å²) >= 11 is 0. The van der Waals surface area contributed by atoms with Crippen LogP contribution in [-0.2, 0) is 0 Å². The fourth-order valence-corrected chi connectivity index (χ4v) is 4.08. The predicted octanol–water partition coefficient (Wildman–Crippen LogP) is 3.84. The standard InChI is InChI=1S/C14H12FNO2S/c1-8-2-5-10(6-11(8)15)19-7-12(14(17)18)16-13(19)9-3-4-9/h2,5-7,9H,3-4H2,1H3/p+1. The van der Waals surface area contributed by atoms with Gasteiger partial charge in [-0.2, -0.15) is 4.98 Å². The first-order valence-electron chi connectivity index (χ1n) is 6.09. The van der Waals surface area contributed by atoms with Crippen LogP contribution >= 0.6 is 10.5 Å². The van der Waals surface area contributed by atoms with Gasteiger partial charge < -0.3 is 5.11 Å². The molecule has 3 nitrogen and oxygen atoms in total. The molecule has 1 aliphatic carbocycles. The zero-order chi connectivity index (χ0) is 13.6. The first-order chi connectivity index (χ1) is 9.06. The first kappa shape index (κ1) is 12.3. The van der Waals surface area contributed by atoms with Crippen molar-refractivity contribution in [3.05, 3.63) is 45.7 Å². The summed E-state index contributed by atoms with van der Waals surface area (Å²) in [5, 5.41) is 11.6. The molecule has 0 aliphatic heterocycles. The van der Waals surface area contributed by atoms with Gasteiger partial charge in [0.2, 0.25) is 5.69 Å². The van der Waals surface area contributed by atoms with Crippen molar-refractivity contribution in [1.82, 2.24) is 4.98 Å². The van der Waals surface area contributed by atoms with Gasteiger partial charge in [0.15, 0.2) is 10.3 Å². The van der Waals surface area contributed by atoms with Crippen molar-refractivity contribution in [3.63, 3.8) is 0 Å². The summed E-state index contributed by atoms with van der Waals surface area (Å²) in [6.45, 7) is 1.71. The minimum absolute atomic E-state index is 0.0891. The van der Waals surface area contributed by atoms with E-state index in [2.05, 4.69) is 4.98 Å². The Balaban J connectivity index is 2.12. The molecule has 2 aromatic rings. The van der Waals surface area contributed by atoms with Crippen molar-refractivity contribution in [2.24, 2.45) is 0 Å². The third kappa shape index (κ3) is 2.26. The molecule has 5 heteroatoms. The molecule has 3 rings (SSSR count). The molecule has 1 atom stereocenters. The van der Waals surface area contributed by atoms with Crippen LogP contribution in [0.3, 0.4) is 0 Å². The molecule has 1 aliphatic rings. The third-order valence-electron chi connectivity index (χ3n) is 3.23. The maximum absolute atomic E-state index is 13.7. The van der Waals surface area contributed by atoms with Gasteiger partial charge >= 0.3 is 5.97 Å². The Hall–Kier alpha value is -1.75. The summed E-state index contributed by atoms with van der Waals surface area (Å²) in [4.78, 5) is 16.1. The van der Waals surface area contributed by atoms with Gasteiger partial charge in [-0.25, -0.2) is 9.18 Å². The highest BCUT2D eigenvalue weighted by Crippen LogP contribution is 2.49. The number of halogens is 1. The summed E-state index contributed by atoms with van der Waals surface area (Å²) in [5.41, 5.74) is 0.685. The van der Waals surface area contributed by atoms with E-state index in [9.17, 15) is 9.18 Å². The van der Waals surface area contributed by atoms with Gasteiger partial charge in [0.1, 0.15) is 5.82 Å². The van der Waals surface area contributed by atoms with Gasteiger partial charge in [-0.3, -0.25) is 0 Å². The summed E-state index contributed by atoms with van der Waals surface area (Å²) in [6.07, 6.45) is 2.11. The van der Waals surface area contributed by atoms with Crippen molar-refractivity contribution in [2.75, 3.05) is 0 Å². The molecular formula is C14H13FNO2S+. The van der Waals surface area contributed by atoms with Gasteiger partial charge in [0.25, 0.3) is 5.01 Å². The van der Waals surface area contributed by atoms with Gasteiger partial charge in [0, 0.05) is 16.5 Å². The van der Waals surface area contributed by atoms with Crippen LogP contribution in [0.5, 0.6) is 0 Å². The second-order valence-corrected chi connectivity index (χ2v) is 6.58. The van der Waals surface area contributed by atoms with E-state index in [-0.39, 0.29) is 11.5 Å². The Morgan fingerprint density at radius 2 is 2.21 bits per heavy atom. The molecule has 0 bridgehead atoms. The number of nitrogens with zero attached hydrogens (tertiary/aromatic N) is 1. The molecule has 1 aromatic carbocycles. The third-order valence-corrected chi connectivity index (χ3v) is 5.32. The molecule has 1 N–H and O–H groups in total. The van der Waals surface area contributed by atoms with Crippen LogP contribution in [0, 0.1) is 12.7 Å². The topological polar surface area (TPSA) is 50.2 Å². The van der Waals surface area contributed by atoms with E-state index in [1.165, 1.54) is 6.07 Å². The molecule has 1 fully saturated rings. The number of benzene rings is 1. The smallest absolute Gasteiger partial charge is 0.359 e. The number of carboxylic acids is 1. The normalized spacial score (nSPS) is 15.6. The number of aryl methyl sites for hydroxylation is 1. The number of aromatic nitrogens is 1. The number of carbonyl (C=O) groups is 1. The molecule has 1 aromatic heterocycles. The van der Waals surface area contributed by atoms with Crippen LogP contribution in [0.1, 0.15) is 39.8 Å². The highest BCUT2D eigenvalue weighted by atomic mass is 32.2. The lowest BCUT2D eigenvalue weighted by molar-refractivity contribution is 0.0691. The number of rotatable bonds is 3. The van der Waals surface area contributed by atoms with Crippen LogP contribution in [0.4, 0.5) is 4.39 Å². The monoisotopic (exact) mass is 278 g/mol. The molecule has 0 amide bonds. The Labute approximate surface area is 112 Å². The van der Waals surface area contributed by atoms with Crippen molar-refractivity contribution in [2.45, 2.75) is 25.7 Å². The largest absolute Gasteiger partial charge is 0.476 e. The quantitative estimate of drug-likeness (QED) is 0.868. The summed E-state index contributed by atoms with van der Waals surface area (Å²) < 4.78 is 13.7. The second-order valence-electron chi connectivity index (χ2n) is 4.78. The number of hydrogen-bond acceptors (Lipinski definition) is 2. The van der Waals surface area contributed by atoms with E-state index in [1.807, 2.05) is 6.07 Å². The SMILES string of the molecule is Cc1ccc(-[s+]2cc(C(=O)O)nc2C2CC2)cc1F. The summed E-state index contributed by atoms with van der Waals surface area (Å²) in [5.74, 6) is -0.890. The molecule has 19 heavy (non-hydrogen) atoms. The lowest BCUT2D eigenvalue weighted by Crippen LogP contribution is -1.95. The minimum atomic E-state index is -1.01. The maximum atomic E-state index is 13.7. The number of hydrogen-bond donors (Lipinski definition) is 1. The predicted molar refractivity (Wildman–Crippen MR) is 71.7 cm³/mol. The Kier molecular flexibility index (Phi) is 2.86. The van der Waals surface area contributed by atoms with E-state index in [1.54, 1.807) is 18.4 Å². The summed E-state index contributed by atoms with van der Waals surface area (Å²) in [6, 6.07) is 5.09. The summed E-state index contributed by atoms with van der Waals surface area (Å²) in [7, 11) is -0.498. The molecule has 1 saturated carbocycles. The van der Waals surface area contributed by atoms with Crippen LogP contribution in [-0.4, -0.2) is 16.1 Å². The molecule has 0 radical (unpaired) electrons. The van der Waals surface area contributed by atoms with E-state index >= 15 is 0 Å². The van der Waals surface area contributed by atoms with Crippen molar-refractivity contribution < 1.29 is 14.3 Å². The molecule has 0 saturated heterocycles.